The Kier molecular flexibility index (Phi) is 6.79. The largest absolute Gasteiger partial charge is 0.336 e. The monoisotopic (exact) mass is 427 g/mol. The number of aromatic nitrogens is 3. The summed E-state index contributed by atoms with van der Waals surface area (Å²) in [6.07, 6.45) is 0. The zero-order chi connectivity index (χ0) is 21.7. The maximum absolute atomic E-state index is 13.9. The van der Waals surface area contributed by atoms with E-state index >= 15 is 0 Å². The quantitative estimate of drug-likeness (QED) is 0.576. The number of amides is 1. The van der Waals surface area contributed by atoms with Crippen molar-refractivity contribution in [1.29, 1.82) is 5.26 Å². The number of aryl methyl sites for hydroxylation is 1. The first-order chi connectivity index (χ1) is 14.4. The van der Waals surface area contributed by atoms with Crippen molar-refractivity contribution in [3.63, 3.8) is 0 Å². The molecule has 1 aromatic heterocycles. The number of carbonyl (C=O) groups excluding carboxylic acids is 1. The number of hydrogen-bond acceptors (Lipinski definition) is 5. The Hall–Kier alpha value is -3.25. The number of carbonyl (C=O) groups is 1. The number of nitrogens with one attached hydrogen (secondary N) is 1. The minimum atomic E-state index is -1.22. The Morgan fingerprint density at radius 1 is 1.27 bits per heavy atom. The molecule has 30 heavy (non-hydrogen) atoms. The highest BCUT2D eigenvalue weighted by Gasteiger charge is 2.20. The normalized spacial score (nSPS) is 11.7. The van der Waals surface area contributed by atoms with Crippen LogP contribution in [0.4, 0.5) is 8.78 Å². The first-order valence-electron chi connectivity index (χ1n) is 9.20. The number of benzene rings is 2. The van der Waals surface area contributed by atoms with Crippen LogP contribution in [-0.4, -0.2) is 26.4 Å². The highest BCUT2D eigenvalue weighted by Crippen LogP contribution is 2.25. The summed E-state index contributed by atoms with van der Waals surface area (Å²) in [5.41, 5.74) is 1.94. The predicted molar refractivity (Wildman–Crippen MR) is 109 cm³/mol. The second-order valence-electron chi connectivity index (χ2n) is 6.50. The molecule has 0 spiro atoms. The van der Waals surface area contributed by atoms with Gasteiger partial charge in [-0.25, -0.2) is 8.78 Å². The zero-order valence-corrected chi connectivity index (χ0v) is 17.2. The average Bonchev–Trinajstić information content (AvgIpc) is 3.14. The van der Waals surface area contributed by atoms with E-state index in [0.717, 1.165) is 23.3 Å². The SMILES string of the molecule is CCn1c(SCC(=O)NC(C#N)c2ccc(F)cc2F)nnc1-c1cccc(C)c1. The van der Waals surface area contributed by atoms with Gasteiger partial charge in [0.25, 0.3) is 0 Å². The summed E-state index contributed by atoms with van der Waals surface area (Å²) < 4.78 is 28.9. The average molecular weight is 427 g/mol. The van der Waals surface area contributed by atoms with Gasteiger partial charge in [0.05, 0.1) is 11.8 Å². The number of hydrogen-bond donors (Lipinski definition) is 1. The van der Waals surface area contributed by atoms with Crippen LogP contribution >= 0.6 is 11.8 Å². The Bertz CT molecular complexity index is 1110. The van der Waals surface area contributed by atoms with Gasteiger partial charge < -0.3 is 9.88 Å². The molecular weight excluding hydrogens is 408 g/mol. The minimum Gasteiger partial charge on any atom is -0.336 e. The van der Waals surface area contributed by atoms with Gasteiger partial charge in [0.2, 0.25) is 5.91 Å². The summed E-state index contributed by atoms with van der Waals surface area (Å²) >= 11 is 1.17. The van der Waals surface area contributed by atoms with Crippen molar-refractivity contribution in [3.8, 4) is 17.5 Å². The summed E-state index contributed by atoms with van der Waals surface area (Å²) in [6.45, 7) is 4.56. The summed E-state index contributed by atoms with van der Waals surface area (Å²) in [6, 6.07) is 11.4. The molecule has 2 aromatic carbocycles. The highest BCUT2D eigenvalue weighted by atomic mass is 32.2. The molecule has 0 saturated carbocycles. The van der Waals surface area contributed by atoms with Crippen LogP contribution in [0.3, 0.4) is 0 Å². The van der Waals surface area contributed by atoms with Crippen molar-refractivity contribution in [3.05, 3.63) is 65.2 Å². The van der Waals surface area contributed by atoms with Crippen molar-refractivity contribution in [1.82, 2.24) is 20.1 Å². The number of halogens is 2. The van der Waals surface area contributed by atoms with Crippen LogP contribution < -0.4 is 5.32 Å². The molecule has 1 unspecified atom stereocenters. The van der Waals surface area contributed by atoms with E-state index in [1.54, 1.807) is 0 Å². The maximum atomic E-state index is 13.9. The Labute approximate surface area is 176 Å². The van der Waals surface area contributed by atoms with Gasteiger partial charge in [0, 0.05) is 23.7 Å². The maximum Gasteiger partial charge on any atom is 0.231 e. The van der Waals surface area contributed by atoms with Gasteiger partial charge in [-0.2, -0.15) is 5.26 Å². The van der Waals surface area contributed by atoms with Gasteiger partial charge in [-0.1, -0.05) is 41.6 Å². The van der Waals surface area contributed by atoms with Crippen LogP contribution in [0.25, 0.3) is 11.4 Å². The van der Waals surface area contributed by atoms with E-state index < -0.39 is 23.6 Å². The van der Waals surface area contributed by atoms with Gasteiger partial charge in [0.1, 0.15) is 17.7 Å². The predicted octanol–water partition coefficient (Wildman–Crippen LogP) is 4.02. The fourth-order valence-electron chi connectivity index (χ4n) is 2.93. The van der Waals surface area contributed by atoms with Crippen molar-refractivity contribution in [2.45, 2.75) is 31.6 Å². The lowest BCUT2D eigenvalue weighted by molar-refractivity contribution is -0.118. The van der Waals surface area contributed by atoms with Crippen LogP contribution in [0.1, 0.15) is 24.1 Å². The van der Waals surface area contributed by atoms with Crippen molar-refractivity contribution >= 4 is 17.7 Å². The van der Waals surface area contributed by atoms with E-state index in [0.29, 0.717) is 23.6 Å². The first kappa shape index (κ1) is 21.5. The lowest BCUT2D eigenvalue weighted by atomic mass is 10.1. The van der Waals surface area contributed by atoms with Gasteiger partial charge in [-0.15, -0.1) is 10.2 Å². The standard InChI is InChI=1S/C21H19F2N5OS/c1-3-28-20(14-6-4-5-13(2)9-14)26-27-21(28)30-12-19(29)25-18(11-24)16-8-7-15(22)10-17(16)23/h4-10,18H,3,12H2,1-2H3,(H,25,29). The third kappa shape index (κ3) is 4.83. The molecule has 6 nitrogen and oxygen atoms in total. The van der Waals surface area contributed by atoms with E-state index in [4.69, 9.17) is 0 Å². The van der Waals surface area contributed by atoms with Crippen molar-refractivity contribution < 1.29 is 13.6 Å². The molecule has 3 aromatic rings. The minimum absolute atomic E-state index is 0.0348. The van der Waals surface area contributed by atoms with E-state index in [2.05, 4.69) is 15.5 Å². The molecule has 0 saturated heterocycles. The van der Waals surface area contributed by atoms with Gasteiger partial charge in [0.15, 0.2) is 11.0 Å². The third-order valence-electron chi connectivity index (χ3n) is 4.35. The second kappa shape index (κ2) is 9.50. The van der Waals surface area contributed by atoms with Crippen LogP contribution in [0.2, 0.25) is 0 Å². The molecular formula is C21H19F2N5OS. The molecule has 154 valence electrons. The van der Waals surface area contributed by atoms with Gasteiger partial charge in [-0.3, -0.25) is 4.79 Å². The molecule has 0 fully saturated rings. The molecule has 0 aliphatic rings. The van der Waals surface area contributed by atoms with Gasteiger partial charge in [-0.05, 0) is 26.0 Å². The smallest absolute Gasteiger partial charge is 0.231 e. The topological polar surface area (TPSA) is 83.6 Å². The number of rotatable bonds is 7. The van der Waals surface area contributed by atoms with E-state index in [-0.39, 0.29) is 11.3 Å². The van der Waals surface area contributed by atoms with E-state index in [1.807, 2.05) is 48.7 Å². The molecule has 3 rings (SSSR count). The first-order valence-corrected chi connectivity index (χ1v) is 10.2. The van der Waals surface area contributed by atoms with E-state index in [9.17, 15) is 18.8 Å². The molecule has 0 aliphatic carbocycles. The number of nitrogens with zero attached hydrogens (tertiary/aromatic N) is 4. The summed E-state index contributed by atoms with van der Waals surface area (Å²) in [5.74, 6) is -1.45. The number of thioether (sulfide) groups is 1. The Balaban J connectivity index is 1.69. The molecule has 1 N–H and O–H groups in total. The fourth-order valence-corrected chi connectivity index (χ4v) is 3.74. The Morgan fingerprint density at radius 2 is 2.07 bits per heavy atom. The molecule has 0 aliphatic heterocycles. The molecule has 1 amide bonds. The lowest BCUT2D eigenvalue weighted by Gasteiger charge is -2.13. The van der Waals surface area contributed by atoms with Crippen LogP contribution in [0.15, 0.2) is 47.6 Å². The highest BCUT2D eigenvalue weighted by molar-refractivity contribution is 7.99. The van der Waals surface area contributed by atoms with Crippen LogP contribution in [0.5, 0.6) is 0 Å². The van der Waals surface area contributed by atoms with Crippen molar-refractivity contribution in [2.75, 3.05) is 5.75 Å². The molecule has 1 heterocycles. The Morgan fingerprint density at radius 3 is 2.73 bits per heavy atom. The second-order valence-corrected chi connectivity index (χ2v) is 7.45. The molecule has 9 heteroatoms. The summed E-state index contributed by atoms with van der Waals surface area (Å²) in [4.78, 5) is 12.3. The summed E-state index contributed by atoms with van der Waals surface area (Å²) in [5, 5.41) is 20.7. The molecule has 0 radical (unpaired) electrons. The van der Waals surface area contributed by atoms with Crippen LogP contribution in [0, 0.1) is 29.9 Å². The van der Waals surface area contributed by atoms with E-state index in [1.165, 1.54) is 11.8 Å². The van der Waals surface area contributed by atoms with Crippen molar-refractivity contribution in [2.24, 2.45) is 0 Å². The van der Waals surface area contributed by atoms with Crippen LogP contribution in [-0.2, 0) is 11.3 Å². The third-order valence-corrected chi connectivity index (χ3v) is 5.32. The molecule has 0 bridgehead atoms. The summed E-state index contributed by atoms with van der Waals surface area (Å²) in [7, 11) is 0. The molecule has 1 atom stereocenters. The fraction of sp³-hybridized carbons (Fsp3) is 0.238. The number of nitriles is 1. The van der Waals surface area contributed by atoms with Gasteiger partial charge >= 0.3 is 0 Å². The lowest BCUT2D eigenvalue weighted by Crippen LogP contribution is -2.29. The zero-order valence-electron chi connectivity index (χ0n) is 16.4.